The lowest BCUT2D eigenvalue weighted by atomic mass is 10.0. The molecular weight excluding hydrogens is 302 g/mol. The molecule has 0 aliphatic rings. The first-order chi connectivity index (χ1) is 10.1. The standard InChI is InChI=1S/C15H17N3OS2/c1-9(2)13(11-4-3-6-20-11)16-8-12-17-10-5-7-21-14(10)15(19)18-12/h3-7,9,13,16H,8H2,1-2H3,(H,17,18,19). The van der Waals surface area contributed by atoms with Gasteiger partial charge in [-0.1, -0.05) is 19.9 Å². The second kappa shape index (κ2) is 6.09. The number of aromatic nitrogens is 2. The molecule has 0 bridgehead atoms. The minimum Gasteiger partial charge on any atom is -0.308 e. The van der Waals surface area contributed by atoms with E-state index in [-0.39, 0.29) is 11.6 Å². The van der Waals surface area contributed by atoms with Gasteiger partial charge in [0.1, 0.15) is 10.5 Å². The smallest absolute Gasteiger partial charge is 0.268 e. The largest absolute Gasteiger partial charge is 0.308 e. The third-order valence-corrected chi connectivity index (χ3v) is 5.23. The molecule has 3 heterocycles. The predicted octanol–water partition coefficient (Wildman–Crippen LogP) is 3.53. The van der Waals surface area contributed by atoms with Crippen LogP contribution in [0.5, 0.6) is 0 Å². The van der Waals surface area contributed by atoms with Crippen molar-refractivity contribution in [3.63, 3.8) is 0 Å². The van der Waals surface area contributed by atoms with Gasteiger partial charge in [0.05, 0.1) is 12.1 Å². The average Bonchev–Trinajstić information content (AvgIpc) is 3.09. The van der Waals surface area contributed by atoms with E-state index in [9.17, 15) is 4.79 Å². The molecule has 6 heteroatoms. The van der Waals surface area contributed by atoms with E-state index in [0.717, 1.165) is 5.52 Å². The van der Waals surface area contributed by atoms with Gasteiger partial charge >= 0.3 is 0 Å². The molecule has 3 aromatic rings. The van der Waals surface area contributed by atoms with E-state index in [2.05, 4.69) is 46.6 Å². The molecule has 1 unspecified atom stereocenters. The van der Waals surface area contributed by atoms with E-state index < -0.39 is 0 Å². The van der Waals surface area contributed by atoms with Crippen LogP contribution in [0.1, 0.15) is 30.6 Å². The molecule has 0 aromatic carbocycles. The maximum Gasteiger partial charge on any atom is 0.268 e. The zero-order valence-electron chi connectivity index (χ0n) is 11.9. The Kier molecular flexibility index (Phi) is 4.19. The highest BCUT2D eigenvalue weighted by molar-refractivity contribution is 7.17. The van der Waals surface area contributed by atoms with Crippen molar-refractivity contribution in [2.75, 3.05) is 0 Å². The SMILES string of the molecule is CC(C)C(NCc1nc2ccsc2c(=O)[nH]1)c1cccs1. The molecular formula is C15H17N3OS2. The topological polar surface area (TPSA) is 57.8 Å². The van der Waals surface area contributed by atoms with Crippen molar-refractivity contribution in [1.82, 2.24) is 15.3 Å². The predicted molar refractivity (Wildman–Crippen MR) is 89.0 cm³/mol. The molecule has 0 amide bonds. The number of nitrogens with one attached hydrogen (secondary N) is 2. The molecule has 0 radical (unpaired) electrons. The lowest BCUT2D eigenvalue weighted by Gasteiger charge is -2.21. The van der Waals surface area contributed by atoms with E-state index in [1.807, 2.05) is 11.4 Å². The number of nitrogens with zero attached hydrogens (tertiary/aromatic N) is 1. The van der Waals surface area contributed by atoms with Gasteiger partial charge in [0.25, 0.3) is 5.56 Å². The van der Waals surface area contributed by atoms with Crippen LogP contribution in [0, 0.1) is 5.92 Å². The monoisotopic (exact) mass is 319 g/mol. The fourth-order valence-electron chi connectivity index (χ4n) is 2.35. The van der Waals surface area contributed by atoms with Crippen molar-refractivity contribution in [3.8, 4) is 0 Å². The van der Waals surface area contributed by atoms with E-state index >= 15 is 0 Å². The van der Waals surface area contributed by atoms with E-state index in [4.69, 9.17) is 0 Å². The van der Waals surface area contributed by atoms with Gasteiger partial charge in [0.15, 0.2) is 0 Å². The van der Waals surface area contributed by atoms with Crippen LogP contribution in [-0.2, 0) is 6.54 Å². The summed E-state index contributed by atoms with van der Waals surface area (Å²) in [5, 5.41) is 7.49. The second-order valence-electron chi connectivity index (χ2n) is 5.27. The Hall–Kier alpha value is -1.50. The quantitative estimate of drug-likeness (QED) is 0.756. The Morgan fingerprint density at radius 3 is 2.86 bits per heavy atom. The molecule has 0 fully saturated rings. The number of hydrogen-bond donors (Lipinski definition) is 2. The highest BCUT2D eigenvalue weighted by Crippen LogP contribution is 2.26. The lowest BCUT2D eigenvalue weighted by Crippen LogP contribution is -2.26. The Balaban J connectivity index is 1.80. The van der Waals surface area contributed by atoms with Crippen molar-refractivity contribution in [2.24, 2.45) is 5.92 Å². The molecule has 0 aliphatic carbocycles. The third-order valence-electron chi connectivity index (χ3n) is 3.37. The van der Waals surface area contributed by atoms with Crippen LogP contribution in [0.25, 0.3) is 10.2 Å². The summed E-state index contributed by atoms with van der Waals surface area (Å²) in [6, 6.07) is 6.36. The average molecular weight is 319 g/mol. The van der Waals surface area contributed by atoms with Crippen molar-refractivity contribution in [1.29, 1.82) is 0 Å². The summed E-state index contributed by atoms with van der Waals surface area (Å²) in [6.45, 7) is 4.94. The normalized spacial score (nSPS) is 13.1. The van der Waals surface area contributed by atoms with Gasteiger partial charge in [-0.3, -0.25) is 4.79 Å². The Labute approximate surface area is 130 Å². The number of H-pyrrole nitrogens is 1. The summed E-state index contributed by atoms with van der Waals surface area (Å²) >= 11 is 3.17. The molecule has 3 rings (SSSR count). The molecule has 1 atom stereocenters. The van der Waals surface area contributed by atoms with Gasteiger partial charge in [0, 0.05) is 10.9 Å². The van der Waals surface area contributed by atoms with Gasteiger partial charge < -0.3 is 10.3 Å². The van der Waals surface area contributed by atoms with Crippen LogP contribution in [0.2, 0.25) is 0 Å². The summed E-state index contributed by atoms with van der Waals surface area (Å²) in [7, 11) is 0. The van der Waals surface area contributed by atoms with E-state index in [0.29, 0.717) is 23.0 Å². The highest BCUT2D eigenvalue weighted by atomic mass is 32.1. The zero-order chi connectivity index (χ0) is 14.8. The van der Waals surface area contributed by atoms with Gasteiger partial charge in [0.2, 0.25) is 0 Å². The van der Waals surface area contributed by atoms with Crippen molar-refractivity contribution < 1.29 is 0 Å². The Bertz CT molecular complexity index is 774. The van der Waals surface area contributed by atoms with Crippen molar-refractivity contribution in [2.45, 2.75) is 26.4 Å². The maximum absolute atomic E-state index is 12.0. The van der Waals surface area contributed by atoms with Crippen LogP contribution in [0.4, 0.5) is 0 Å². The maximum atomic E-state index is 12.0. The summed E-state index contributed by atoms with van der Waals surface area (Å²) in [5.74, 6) is 1.16. The number of rotatable bonds is 5. The van der Waals surface area contributed by atoms with Crippen LogP contribution in [0.15, 0.2) is 33.8 Å². The molecule has 0 spiro atoms. The number of hydrogen-bond acceptors (Lipinski definition) is 5. The van der Waals surface area contributed by atoms with Crippen LogP contribution < -0.4 is 10.9 Å². The zero-order valence-corrected chi connectivity index (χ0v) is 13.6. The fraction of sp³-hybridized carbons (Fsp3) is 0.333. The molecule has 0 saturated carbocycles. The molecule has 110 valence electrons. The minimum atomic E-state index is -0.0518. The molecule has 3 aromatic heterocycles. The van der Waals surface area contributed by atoms with Crippen molar-refractivity contribution in [3.05, 3.63) is 50.0 Å². The lowest BCUT2D eigenvalue weighted by molar-refractivity contribution is 0.411. The Morgan fingerprint density at radius 1 is 1.29 bits per heavy atom. The first kappa shape index (κ1) is 14.4. The fourth-order valence-corrected chi connectivity index (χ4v) is 4.04. The third kappa shape index (κ3) is 3.07. The summed E-state index contributed by atoms with van der Waals surface area (Å²) in [6.07, 6.45) is 0. The number of fused-ring (bicyclic) bond motifs is 1. The summed E-state index contributed by atoms with van der Waals surface area (Å²) in [5.41, 5.74) is 0.724. The van der Waals surface area contributed by atoms with Gasteiger partial charge in [-0.2, -0.15) is 0 Å². The molecule has 21 heavy (non-hydrogen) atoms. The first-order valence-electron chi connectivity index (χ1n) is 6.88. The highest BCUT2D eigenvalue weighted by Gasteiger charge is 2.16. The molecule has 0 saturated heterocycles. The van der Waals surface area contributed by atoms with Crippen LogP contribution in [0.3, 0.4) is 0 Å². The second-order valence-corrected chi connectivity index (χ2v) is 7.16. The van der Waals surface area contributed by atoms with Crippen LogP contribution in [-0.4, -0.2) is 9.97 Å². The van der Waals surface area contributed by atoms with Gasteiger partial charge in [-0.15, -0.1) is 22.7 Å². The van der Waals surface area contributed by atoms with Gasteiger partial charge in [-0.05, 0) is 28.8 Å². The van der Waals surface area contributed by atoms with Crippen molar-refractivity contribution >= 4 is 32.9 Å². The summed E-state index contributed by atoms with van der Waals surface area (Å²) in [4.78, 5) is 20.6. The molecule has 0 aliphatic heterocycles. The summed E-state index contributed by atoms with van der Waals surface area (Å²) < 4.78 is 0.692. The molecule has 2 N–H and O–H groups in total. The number of thiophene rings is 2. The minimum absolute atomic E-state index is 0.0518. The Morgan fingerprint density at radius 2 is 2.14 bits per heavy atom. The first-order valence-corrected chi connectivity index (χ1v) is 8.64. The van der Waals surface area contributed by atoms with E-state index in [1.54, 1.807) is 11.3 Å². The number of aromatic amines is 1. The molecule has 4 nitrogen and oxygen atoms in total. The van der Waals surface area contributed by atoms with Gasteiger partial charge in [-0.25, -0.2) is 4.98 Å². The van der Waals surface area contributed by atoms with Crippen LogP contribution >= 0.6 is 22.7 Å². The van der Waals surface area contributed by atoms with E-state index in [1.165, 1.54) is 16.2 Å².